The monoisotopic (exact) mass is 210 g/mol. The van der Waals surface area contributed by atoms with E-state index < -0.39 is 11.6 Å². The van der Waals surface area contributed by atoms with Gasteiger partial charge in [-0.1, -0.05) is 32.9 Å². The SMILES string of the molecule is CC(C)(C)C1(c2cccc(F)c2F)CC1. The van der Waals surface area contributed by atoms with Gasteiger partial charge in [-0.2, -0.15) is 0 Å². The van der Waals surface area contributed by atoms with E-state index in [4.69, 9.17) is 0 Å². The van der Waals surface area contributed by atoms with E-state index in [9.17, 15) is 8.78 Å². The molecule has 1 aliphatic rings. The zero-order valence-electron chi connectivity index (χ0n) is 9.40. The zero-order valence-corrected chi connectivity index (χ0v) is 9.40. The Morgan fingerprint density at radius 1 is 1.13 bits per heavy atom. The second-order valence-corrected chi connectivity index (χ2v) is 5.43. The molecule has 0 heterocycles. The summed E-state index contributed by atoms with van der Waals surface area (Å²) >= 11 is 0. The van der Waals surface area contributed by atoms with E-state index >= 15 is 0 Å². The summed E-state index contributed by atoms with van der Waals surface area (Å²) in [7, 11) is 0. The summed E-state index contributed by atoms with van der Waals surface area (Å²) in [6.07, 6.45) is 1.91. The third-order valence-corrected chi connectivity index (χ3v) is 3.65. The molecule has 0 radical (unpaired) electrons. The lowest BCUT2D eigenvalue weighted by molar-refractivity contribution is 0.288. The van der Waals surface area contributed by atoms with E-state index in [1.165, 1.54) is 6.07 Å². The van der Waals surface area contributed by atoms with Crippen molar-refractivity contribution in [2.45, 2.75) is 39.0 Å². The molecular formula is C13H16F2. The van der Waals surface area contributed by atoms with Crippen LogP contribution in [-0.4, -0.2) is 0 Å². The Morgan fingerprint density at radius 3 is 2.20 bits per heavy atom. The van der Waals surface area contributed by atoms with Crippen molar-refractivity contribution in [1.82, 2.24) is 0 Å². The molecule has 0 amide bonds. The van der Waals surface area contributed by atoms with Crippen molar-refractivity contribution in [3.05, 3.63) is 35.4 Å². The van der Waals surface area contributed by atoms with Crippen LogP contribution in [0.25, 0.3) is 0 Å². The first-order valence-corrected chi connectivity index (χ1v) is 5.33. The standard InChI is InChI=1S/C13H16F2/c1-12(2,3)13(7-8-13)9-5-4-6-10(14)11(9)15/h4-6H,7-8H2,1-3H3. The maximum atomic E-state index is 13.7. The zero-order chi connectivity index (χ0) is 11.3. The lowest BCUT2D eigenvalue weighted by Gasteiger charge is -2.31. The maximum absolute atomic E-state index is 13.7. The van der Waals surface area contributed by atoms with Crippen molar-refractivity contribution in [2.24, 2.45) is 5.41 Å². The highest BCUT2D eigenvalue weighted by molar-refractivity contribution is 5.35. The summed E-state index contributed by atoms with van der Waals surface area (Å²) < 4.78 is 26.8. The predicted molar refractivity (Wildman–Crippen MR) is 56.7 cm³/mol. The van der Waals surface area contributed by atoms with Crippen LogP contribution >= 0.6 is 0 Å². The average molecular weight is 210 g/mol. The summed E-state index contributed by atoms with van der Waals surface area (Å²) in [6, 6.07) is 4.49. The Bertz CT molecular complexity index is 384. The summed E-state index contributed by atoms with van der Waals surface area (Å²) in [6.45, 7) is 6.26. The van der Waals surface area contributed by atoms with Gasteiger partial charge in [-0.05, 0) is 29.9 Å². The first-order valence-electron chi connectivity index (χ1n) is 5.33. The highest BCUT2D eigenvalue weighted by Gasteiger charge is 2.54. The molecule has 2 heteroatoms. The molecule has 0 unspecified atom stereocenters. The third-order valence-electron chi connectivity index (χ3n) is 3.65. The molecule has 2 rings (SSSR count). The minimum atomic E-state index is -0.733. The van der Waals surface area contributed by atoms with Gasteiger partial charge in [-0.25, -0.2) is 8.78 Å². The fraction of sp³-hybridized carbons (Fsp3) is 0.538. The summed E-state index contributed by atoms with van der Waals surface area (Å²) in [4.78, 5) is 0. The number of benzene rings is 1. The second kappa shape index (κ2) is 3.03. The van der Waals surface area contributed by atoms with Gasteiger partial charge in [0.15, 0.2) is 11.6 Å². The minimum absolute atomic E-state index is 0.0123. The van der Waals surface area contributed by atoms with Crippen LogP contribution in [0.3, 0.4) is 0 Å². The van der Waals surface area contributed by atoms with Crippen LogP contribution in [0.15, 0.2) is 18.2 Å². The van der Waals surface area contributed by atoms with Gasteiger partial charge in [0.05, 0.1) is 0 Å². The number of hydrogen-bond acceptors (Lipinski definition) is 0. The van der Waals surface area contributed by atoms with Gasteiger partial charge in [0.25, 0.3) is 0 Å². The largest absolute Gasteiger partial charge is 0.204 e. The molecule has 1 fully saturated rings. The molecule has 0 spiro atoms. The third kappa shape index (κ3) is 1.47. The molecule has 1 aromatic rings. The lowest BCUT2D eigenvalue weighted by atomic mass is 9.73. The van der Waals surface area contributed by atoms with Gasteiger partial charge in [-0.15, -0.1) is 0 Å². The number of rotatable bonds is 1. The topological polar surface area (TPSA) is 0 Å². The van der Waals surface area contributed by atoms with Crippen LogP contribution in [0.5, 0.6) is 0 Å². The quantitative estimate of drug-likeness (QED) is 0.656. The fourth-order valence-electron chi connectivity index (χ4n) is 2.42. The molecule has 0 aromatic heterocycles. The Hall–Kier alpha value is -0.920. The molecule has 0 atom stereocenters. The van der Waals surface area contributed by atoms with Crippen LogP contribution in [-0.2, 0) is 5.41 Å². The van der Waals surface area contributed by atoms with Crippen molar-refractivity contribution in [3.63, 3.8) is 0 Å². The van der Waals surface area contributed by atoms with Gasteiger partial charge in [0.1, 0.15) is 0 Å². The molecule has 1 saturated carbocycles. The Labute approximate surface area is 89.3 Å². The van der Waals surface area contributed by atoms with Crippen molar-refractivity contribution in [2.75, 3.05) is 0 Å². The number of hydrogen-bond donors (Lipinski definition) is 0. The Morgan fingerprint density at radius 2 is 1.73 bits per heavy atom. The van der Waals surface area contributed by atoms with Gasteiger partial charge in [0.2, 0.25) is 0 Å². The van der Waals surface area contributed by atoms with Gasteiger partial charge in [0, 0.05) is 5.41 Å². The van der Waals surface area contributed by atoms with E-state index in [-0.39, 0.29) is 10.8 Å². The van der Waals surface area contributed by atoms with E-state index in [2.05, 4.69) is 20.8 Å². The van der Waals surface area contributed by atoms with Crippen LogP contribution < -0.4 is 0 Å². The highest BCUT2D eigenvalue weighted by Crippen LogP contribution is 2.60. The Balaban J connectivity index is 2.51. The molecule has 1 aliphatic carbocycles. The average Bonchev–Trinajstić information content (AvgIpc) is 2.89. The van der Waals surface area contributed by atoms with Crippen LogP contribution in [0.4, 0.5) is 8.78 Å². The Kier molecular flexibility index (Phi) is 2.14. The smallest absolute Gasteiger partial charge is 0.162 e. The predicted octanol–water partition coefficient (Wildman–Crippen LogP) is 4.04. The van der Waals surface area contributed by atoms with Crippen molar-refractivity contribution < 1.29 is 8.78 Å². The molecule has 1 aromatic carbocycles. The summed E-state index contributed by atoms with van der Waals surface area (Å²) in [5.41, 5.74) is 0.385. The van der Waals surface area contributed by atoms with Crippen LogP contribution in [0, 0.1) is 17.0 Å². The van der Waals surface area contributed by atoms with E-state index in [1.54, 1.807) is 12.1 Å². The minimum Gasteiger partial charge on any atom is -0.204 e. The first-order chi connectivity index (χ1) is 6.88. The summed E-state index contributed by atoms with van der Waals surface area (Å²) in [5.74, 6) is -1.40. The van der Waals surface area contributed by atoms with Crippen LogP contribution in [0.1, 0.15) is 39.2 Å². The lowest BCUT2D eigenvalue weighted by Crippen LogP contribution is -2.27. The van der Waals surface area contributed by atoms with E-state index in [0.717, 1.165) is 12.8 Å². The van der Waals surface area contributed by atoms with Crippen molar-refractivity contribution in [3.8, 4) is 0 Å². The molecule has 0 saturated heterocycles. The van der Waals surface area contributed by atoms with Crippen LogP contribution in [0.2, 0.25) is 0 Å². The highest BCUT2D eigenvalue weighted by atomic mass is 19.2. The van der Waals surface area contributed by atoms with E-state index in [0.29, 0.717) is 5.56 Å². The maximum Gasteiger partial charge on any atom is 0.162 e. The van der Waals surface area contributed by atoms with Gasteiger partial charge < -0.3 is 0 Å². The second-order valence-electron chi connectivity index (χ2n) is 5.43. The van der Waals surface area contributed by atoms with E-state index in [1.807, 2.05) is 0 Å². The molecular weight excluding hydrogens is 194 g/mol. The molecule has 0 aliphatic heterocycles. The fourth-order valence-corrected chi connectivity index (χ4v) is 2.42. The molecule has 0 bridgehead atoms. The molecule has 82 valence electrons. The van der Waals surface area contributed by atoms with Gasteiger partial charge >= 0.3 is 0 Å². The first kappa shape index (κ1) is 10.6. The van der Waals surface area contributed by atoms with Crippen molar-refractivity contribution >= 4 is 0 Å². The molecule has 15 heavy (non-hydrogen) atoms. The molecule has 0 nitrogen and oxygen atoms in total. The number of halogens is 2. The van der Waals surface area contributed by atoms with Gasteiger partial charge in [-0.3, -0.25) is 0 Å². The summed E-state index contributed by atoms with van der Waals surface area (Å²) in [5, 5.41) is 0. The van der Waals surface area contributed by atoms with Crippen molar-refractivity contribution in [1.29, 1.82) is 0 Å². The molecule has 0 N–H and O–H groups in total. The normalized spacial score (nSPS) is 19.0.